The van der Waals surface area contributed by atoms with E-state index in [1.807, 2.05) is 53.4 Å². The van der Waals surface area contributed by atoms with Gasteiger partial charge in [0.25, 0.3) is 5.91 Å². The Morgan fingerprint density at radius 2 is 1.85 bits per heavy atom. The van der Waals surface area contributed by atoms with Crippen LogP contribution in [-0.2, 0) is 13.1 Å². The van der Waals surface area contributed by atoms with Crippen LogP contribution in [0.4, 0.5) is 0 Å². The second kappa shape index (κ2) is 8.37. The number of benzene rings is 2. The molecule has 0 aliphatic rings. The number of carbonyl (C=O) groups excluding carboxylic acids is 1. The van der Waals surface area contributed by atoms with Gasteiger partial charge in [-0.25, -0.2) is 4.98 Å². The van der Waals surface area contributed by atoms with Gasteiger partial charge in [-0.1, -0.05) is 49.7 Å². The highest BCUT2D eigenvalue weighted by Crippen LogP contribution is 2.26. The number of rotatable bonds is 7. The number of imidazole rings is 1. The van der Waals surface area contributed by atoms with Crippen molar-refractivity contribution in [3.8, 4) is 0 Å². The Morgan fingerprint density at radius 3 is 2.54 bits per heavy atom. The monoisotopic (exact) mass is 369 g/mol. The van der Waals surface area contributed by atoms with Gasteiger partial charge in [0.15, 0.2) is 0 Å². The lowest BCUT2D eigenvalue weighted by molar-refractivity contribution is 0.0737. The maximum Gasteiger partial charge on any atom is 0.254 e. The standard InChI is InChI=1S/C21H24ClN3O/c1-3-13-24(21(26)16-9-6-5-7-10-16)15-19-23-18-12-8-11-17(22)20(18)25(19)14-4-2/h5-12H,3-4,13-15H2,1-2H3. The zero-order valence-electron chi connectivity index (χ0n) is 15.3. The number of carbonyl (C=O) groups is 1. The van der Waals surface area contributed by atoms with Crippen LogP contribution >= 0.6 is 11.6 Å². The van der Waals surface area contributed by atoms with E-state index < -0.39 is 0 Å². The molecule has 0 N–H and O–H groups in total. The van der Waals surface area contributed by atoms with E-state index in [9.17, 15) is 4.79 Å². The Kier molecular flexibility index (Phi) is 5.94. The summed E-state index contributed by atoms with van der Waals surface area (Å²) < 4.78 is 2.15. The molecule has 0 spiro atoms. The van der Waals surface area contributed by atoms with Gasteiger partial charge in [-0.3, -0.25) is 4.79 Å². The van der Waals surface area contributed by atoms with Crippen LogP contribution in [0.3, 0.4) is 0 Å². The Balaban J connectivity index is 1.98. The molecule has 0 saturated heterocycles. The summed E-state index contributed by atoms with van der Waals surface area (Å²) in [6, 6.07) is 15.2. The van der Waals surface area contributed by atoms with Crippen LogP contribution in [-0.4, -0.2) is 26.9 Å². The van der Waals surface area contributed by atoms with Gasteiger partial charge in [0.1, 0.15) is 5.82 Å². The molecular formula is C21H24ClN3O. The predicted octanol–water partition coefficient (Wildman–Crippen LogP) is 5.15. The van der Waals surface area contributed by atoms with E-state index in [4.69, 9.17) is 16.6 Å². The van der Waals surface area contributed by atoms with Crippen LogP contribution in [0, 0.1) is 0 Å². The Hall–Kier alpha value is -2.33. The summed E-state index contributed by atoms with van der Waals surface area (Å²) in [5.41, 5.74) is 2.54. The van der Waals surface area contributed by atoms with Gasteiger partial charge in [-0.15, -0.1) is 0 Å². The Bertz CT molecular complexity index is 889. The number of hydrogen-bond donors (Lipinski definition) is 0. The summed E-state index contributed by atoms with van der Waals surface area (Å²) in [6.07, 6.45) is 1.87. The molecule has 3 rings (SSSR count). The molecule has 26 heavy (non-hydrogen) atoms. The van der Waals surface area contributed by atoms with E-state index in [2.05, 4.69) is 18.4 Å². The first kappa shape index (κ1) is 18.5. The van der Waals surface area contributed by atoms with Gasteiger partial charge >= 0.3 is 0 Å². The fraction of sp³-hybridized carbons (Fsp3) is 0.333. The molecule has 1 amide bonds. The van der Waals surface area contributed by atoms with Crippen molar-refractivity contribution < 1.29 is 4.79 Å². The average molecular weight is 370 g/mol. The molecular weight excluding hydrogens is 346 g/mol. The van der Waals surface area contributed by atoms with Gasteiger partial charge < -0.3 is 9.47 Å². The van der Waals surface area contributed by atoms with Gasteiger partial charge in [-0.05, 0) is 37.1 Å². The number of hydrogen-bond acceptors (Lipinski definition) is 2. The average Bonchev–Trinajstić information content (AvgIpc) is 3.00. The van der Waals surface area contributed by atoms with E-state index in [1.54, 1.807) is 0 Å². The van der Waals surface area contributed by atoms with Crippen LogP contribution in [0.5, 0.6) is 0 Å². The third-order valence-corrected chi connectivity index (χ3v) is 4.68. The largest absolute Gasteiger partial charge is 0.331 e. The molecule has 0 atom stereocenters. The van der Waals surface area contributed by atoms with Crippen molar-refractivity contribution in [1.82, 2.24) is 14.5 Å². The topological polar surface area (TPSA) is 38.1 Å². The van der Waals surface area contributed by atoms with Gasteiger partial charge in [-0.2, -0.15) is 0 Å². The minimum Gasteiger partial charge on any atom is -0.331 e. The van der Waals surface area contributed by atoms with Crippen molar-refractivity contribution >= 4 is 28.5 Å². The molecule has 0 aliphatic carbocycles. The maximum absolute atomic E-state index is 13.0. The highest BCUT2D eigenvalue weighted by Gasteiger charge is 2.20. The smallest absolute Gasteiger partial charge is 0.254 e. The van der Waals surface area contributed by atoms with Crippen molar-refractivity contribution in [2.24, 2.45) is 0 Å². The summed E-state index contributed by atoms with van der Waals surface area (Å²) in [6.45, 7) is 6.21. The third kappa shape index (κ3) is 3.75. The molecule has 2 aromatic carbocycles. The first-order valence-electron chi connectivity index (χ1n) is 9.13. The fourth-order valence-electron chi connectivity index (χ4n) is 3.23. The van der Waals surface area contributed by atoms with Crippen molar-refractivity contribution in [1.29, 1.82) is 0 Å². The lowest BCUT2D eigenvalue weighted by Gasteiger charge is -2.22. The molecule has 0 saturated carbocycles. The zero-order chi connectivity index (χ0) is 18.5. The first-order chi connectivity index (χ1) is 12.7. The maximum atomic E-state index is 13.0. The highest BCUT2D eigenvalue weighted by molar-refractivity contribution is 6.35. The SMILES string of the molecule is CCCN(Cc1nc2cccc(Cl)c2n1CCC)C(=O)c1ccccc1. The number of aryl methyl sites for hydroxylation is 1. The number of para-hydroxylation sites is 1. The summed E-state index contributed by atoms with van der Waals surface area (Å²) in [5, 5.41) is 0.700. The predicted molar refractivity (Wildman–Crippen MR) is 107 cm³/mol. The van der Waals surface area contributed by atoms with Gasteiger partial charge in [0.2, 0.25) is 0 Å². The molecule has 4 nitrogen and oxygen atoms in total. The van der Waals surface area contributed by atoms with E-state index in [1.165, 1.54) is 0 Å². The summed E-state index contributed by atoms with van der Waals surface area (Å²) in [5.74, 6) is 0.918. The third-order valence-electron chi connectivity index (χ3n) is 4.38. The lowest BCUT2D eigenvalue weighted by atomic mass is 10.2. The molecule has 0 bridgehead atoms. The number of halogens is 1. The number of amides is 1. The van der Waals surface area contributed by atoms with Crippen LogP contribution in [0.1, 0.15) is 42.9 Å². The minimum absolute atomic E-state index is 0.0358. The van der Waals surface area contributed by atoms with Gasteiger partial charge in [0.05, 0.1) is 22.6 Å². The van der Waals surface area contributed by atoms with E-state index >= 15 is 0 Å². The lowest BCUT2D eigenvalue weighted by Crippen LogP contribution is -2.32. The summed E-state index contributed by atoms with van der Waals surface area (Å²) in [4.78, 5) is 19.6. The fourth-order valence-corrected chi connectivity index (χ4v) is 3.50. The quantitative estimate of drug-likeness (QED) is 0.577. The second-order valence-corrected chi connectivity index (χ2v) is 6.79. The molecule has 3 aromatic rings. The molecule has 1 aromatic heterocycles. The summed E-state index contributed by atoms with van der Waals surface area (Å²) in [7, 11) is 0. The molecule has 0 aliphatic heterocycles. The van der Waals surface area contributed by atoms with E-state index in [0.29, 0.717) is 23.7 Å². The zero-order valence-corrected chi connectivity index (χ0v) is 16.0. The van der Waals surface area contributed by atoms with Crippen LogP contribution in [0.25, 0.3) is 11.0 Å². The number of nitrogens with zero attached hydrogens (tertiary/aromatic N) is 3. The first-order valence-corrected chi connectivity index (χ1v) is 9.51. The number of aromatic nitrogens is 2. The summed E-state index contributed by atoms with van der Waals surface area (Å²) >= 11 is 6.43. The second-order valence-electron chi connectivity index (χ2n) is 6.38. The van der Waals surface area contributed by atoms with Crippen LogP contribution in [0.15, 0.2) is 48.5 Å². The Labute approximate surface area is 159 Å². The van der Waals surface area contributed by atoms with Crippen LogP contribution in [0.2, 0.25) is 5.02 Å². The van der Waals surface area contributed by atoms with E-state index in [0.717, 1.165) is 36.2 Å². The molecule has 0 unspecified atom stereocenters. The van der Waals surface area contributed by atoms with Crippen molar-refractivity contribution in [2.75, 3.05) is 6.54 Å². The molecule has 5 heteroatoms. The number of fused-ring (bicyclic) bond motifs is 1. The van der Waals surface area contributed by atoms with Crippen molar-refractivity contribution in [2.45, 2.75) is 39.8 Å². The van der Waals surface area contributed by atoms with Gasteiger partial charge in [0, 0.05) is 18.7 Å². The van der Waals surface area contributed by atoms with Crippen molar-refractivity contribution in [3.63, 3.8) is 0 Å². The molecule has 136 valence electrons. The van der Waals surface area contributed by atoms with E-state index in [-0.39, 0.29) is 5.91 Å². The molecule has 1 heterocycles. The molecule has 0 radical (unpaired) electrons. The normalized spacial score (nSPS) is 11.0. The minimum atomic E-state index is 0.0358. The highest BCUT2D eigenvalue weighted by atomic mass is 35.5. The molecule has 0 fully saturated rings. The van der Waals surface area contributed by atoms with Crippen LogP contribution < -0.4 is 0 Å². The van der Waals surface area contributed by atoms with Crippen molar-refractivity contribution in [3.05, 3.63) is 64.9 Å². The Morgan fingerprint density at radius 1 is 1.08 bits per heavy atom.